The third kappa shape index (κ3) is 4.52. The third-order valence-electron chi connectivity index (χ3n) is 4.78. The van der Waals surface area contributed by atoms with Gasteiger partial charge in [0.1, 0.15) is 11.3 Å². The lowest BCUT2D eigenvalue weighted by atomic mass is 10.1. The van der Waals surface area contributed by atoms with Crippen LogP contribution in [0.15, 0.2) is 36.8 Å². The summed E-state index contributed by atoms with van der Waals surface area (Å²) in [4.78, 5) is 24.8. The molecular formula is C21H28N4O3. The van der Waals surface area contributed by atoms with Crippen LogP contribution < -0.4 is 9.64 Å². The maximum Gasteiger partial charge on any atom is 0.410 e. The molecule has 0 bridgehead atoms. The van der Waals surface area contributed by atoms with Gasteiger partial charge in [0, 0.05) is 50.3 Å². The first kappa shape index (κ1) is 19.9. The molecule has 7 nitrogen and oxygen atoms in total. The molecule has 2 aromatic rings. The first-order valence-corrected chi connectivity index (χ1v) is 9.43. The molecule has 7 heteroatoms. The van der Waals surface area contributed by atoms with E-state index in [-0.39, 0.29) is 12.1 Å². The van der Waals surface area contributed by atoms with Crippen molar-refractivity contribution in [3.05, 3.63) is 36.8 Å². The number of amides is 1. The van der Waals surface area contributed by atoms with Crippen LogP contribution in [-0.2, 0) is 4.74 Å². The molecule has 3 rings (SSSR count). The smallest absolute Gasteiger partial charge is 0.410 e. The lowest BCUT2D eigenvalue weighted by Gasteiger charge is -2.29. The summed E-state index contributed by atoms with van der Waals surface area (Å²) in [6.07, 6.45) is 5.92. The Labute approximate surface area is 166 Å². The van der Waals surface area contributed by atoms with Gasteiger partial charge in [-0.25, -0.2) is 9.78 Å². The Bertz CT molecular complexity index is 820. The van der Waals surface area contributed by atoms with Gasteiger partial charge in [-0.15, -0.1) is 0 Å². The summed E-state index contributed by atoms with van der Waals surface area (Å²) in [5, 5.41) is 0. The molecule has 0 spiro atoms. The highest BCUT2D eigenvalue weighted by atomic mass is 16.6. The van der Waals surface area contributed by atoms with Gasteiger partial charge in [-0.2, -0.15) is 0 Å². The van der Waals surface area contributed by atoms with E-state index < -0.39 is 5.60 Å². The van der Waals surface area contributed by atoms with Gasteiger partial charge < -0.3 is 19.3 Å². The molecule has 1 amide bonds. The lowest BCUT2D eigenvalue weighted by molar-refractivity contribution is 0.0292. The molecule has 1 atom stereocenters. The van der Waals surface area contributed by atoms with E-state index in [9.17, 15) is 4.79 Å². The van der Waals surface area contributed by atoms with Crippen LogP contribution >= 0.6 is 0 Å². The van der Waals surface area contributed by atoms with Crippen LogP contribution in [0.2, 0.25) is 0 Å². The number of carbonyl (C=O) groups excluding carboxylic acids is 1. The zero-order chi connectivity index (χ0) is 20.3. The minimum absolute atomic E-state index is 0.163. The molecule has 2 aromatic heterocycles. The zero-order valence-corrected chi connectivity index (χ0v) is 17.2. The van der Waals surface area contributed by atoms with Crippen molar-refractivity contribution < 1.29 is 14.3 Å². The quantitative estimate of drug-likeness (QED) is 0.802. The molecule has 0 radical (unpaired) electrons. The molecule has 0 aliphatic carbocycles. The van der Waals surface area contributed by atoms with Gasteiger partial charge in [0.25, 0.3) is 0 Å². The van der Waals surface area contributed by atoms with Crippen molar-refractivity contribution in [1.29, 1.82) is 0 Å². The number of pyridine rings is 2. The summed E-state index contributed by atoms with van der Waals surface area (Å²) >= 11 is 0. The van der Waals surface area contributed by atoms with Gasteiger partial charge in [0.05, 0.1) is 7.11 Å². The predicted molar refractivity (Wildman–Crippen MR) is 109 cm³/mol. The van der Waals surface area contributed by atoms with Gasteiger partial charge in [-0.1, -0.05) is 0 Å². The second kappa shape index (κ2) is 8.04. The van der Waals surface area contributed by atoms with Gasteiger partial charge >= 0.3 is 6.09 Å². The molecule has 28 heavy (non-hydrogen) atoms. The summed E-state index contributed by atoms with van der Waals surface area (Å²) in [6, 6.07) is 6.13. The Balaban J connectivity index is 1.78. The largest absolute Gasteiger partial charge is 0.480 e. The highest BCUT2D eigenvalue weighted by Crippen LogP contribution is 2.33. The van der Waals surface area contributed by atoms with Gasteiger partial charge in [-0.3, -0.25) is 4.98 Å². The van der Waals surface area contributed by atoms with E-state index >= 15 is 0 Å². The summed E-state index contributed by atoms with van der Waals surface area (Å²) in [7, 11) is 3.63. The summed E-state index contributed by atoms with van der Waals surface area (Å²) in [6.45, 7) is 6.92. The number of carbonyl (C=O) groups is 1. The number of likely N-dealkylation sites (N-methyl/N-ethyl adjacent to an activating group) is 1. The topological polar surface area (TPSA) is 67.8 Å². The third-order valence-corrected chi connectivity index (χ3v) is 4.78. The van der Waals surface area contributed by atoms with E-state index in [1.54, 1.807) is 30.6 Å². The monoisotopic (exact) mass is 384 g/mol. The Morgan fingerprint density at radius 2 is 1.96 bits per heavy atom. The number of hydrogen-bond acceptors (Lipinski definition) is 6. The Morgan fingerprint density at radius 1 is 1.25 bits per heavy atom. The minimum Gasteiger partial charge on any atom is -0.480 e. The van der Waals surface area contributed by atoms with Crippen molar-refractivity contribution >= 4 is 11.8 Å². The number of ether oxygens (including phenoxy) is 2. The number of methoxy groups -OCH3 is 1. The number of nitrogens with zero attached hydrogens (tertiary/aromatic N) is 4. The number of aromatic nitrogens is 2. The van der Waals surface area contributed by atoms with Crippen LogP contribution in [0.4, 0.5) is 10.5 Å². The highest BCUT2D eigenvalue weighted by Gasteiger charge is 2.32. The molecule has 0 aromatic carbocycles. The van der Waals surface area contributed by atoms with Crippen molar-refractivity contribution in [3.63, 3.8) is 0 Å². The SMILES string of the molecule is COc1ncc(-c2ccncc2)cc1N(C)C1CCN(C(=O)OC(C)(C)C)C1. The average molecular weight is 384 g/mol. The Hall–Kier alpha value is -2.83. The van der Waals surface area contributed by atoms with E-state index in [2.05, 4.69) is 20.9 Å². The fraction of sp³-hybridized carbons (Fsp3) is 0.476. The van der Waals surface area contributed by atoms with Crippen molar-refractivity contribution in [2.45, 2.75) is 38.8 Å². The molecule has 1 aliphatic heterocycles. The first-order chi connectivity index (χ1) is 13.3. The van der Waals surface area contributed by atoms with Crippen LogP contribution in [0, 0.1) is 0 Å². The average Bonchev–Trinajstić information content (AvgIpc) is 3.17. The molecule has 1 fully saturated rings. The molecular weight excluding hydrogens is 356 g/mol. The molecule has 0 N–H and O–H groups in total. The Morgan fingerprint density at radius 3 is 2.61 bits per heavy atom. The maximum absolute atomic E-state index is 12.4. The van der Waals surface area contributed by atoms with E-state index in [0.29, 0.717) is 19.0 Å². The van der Waals surface area contributed by atoms with Crippen LogP contribution in [-0.4, -0.2) is 59.9 Å². The molecule has 0 saturated carbocycles. The van der Waals surface area contributed by atoms with Gasteiger partial charge in [-0.05, 0) is 51.0 Å². The van der Waals surface area contributed by atoms with Gasteiger partial charge in [0.15, 0.2) is 0 Å². The molecule has 3 heterocycles. The second-order valence-corrected chi connectivity index (χ2v) is 7.97. The number of likely N-dealkylation sites (tertiary alicyclic amines) is 1. The van der Waals surface area contributed by atoms with Crippen LogP contribution in [0.3, 0.4) is 0 Å². The predicted octanol–water partition coefficient (Wildman–Crippen LogP) is 3.60. The van der Waals surface area contributed by atoms with E-state index in [1.807, 2.05) is 40.0 Å². The molecule has 1 aliphatic rings. The lowest BCUT2D eigenvalue weighted by Crippen LogP contribution is -2.39. The first-order valence-electron chi connectivity index (χ1n) is 9.43. The van der Waals surface area contributed by atoms with Crippen LogP contribution in [0.5, 0.6) is 5.88 Å². The number of anilines is 1. The number of rotatable bonds is 4. The summed E-state index contributed by atoms with van der Waals surface area (Å²) < 4.78 is 11.0. The highest BCUT2D eigenvalue weighted by molar-refractivity contribution is 5.71. The van der Waals surface area contributed by atoms with Crippen molar-refractivity contribution in [2.24, 2.45) is 0 Å². The molecule has 1 saturated heterocycles. The fourth-order valence-electron chi connectivity index (χ4n) is 3.30. The van der Waals surface area contributed by atoms with Crippen molar-refractivity contribution in [3.8, 4) is 17.0 Å². The standard InChI is InChI=1S/C21H28N4O3/c1-21(2,3)28-20(26)25-11-8-17(14-25)24(4)18-12-16(13-23-19(18)27-5)15-6-9-22-10-7-15/h6-7,9-10,12-13,17H,8,11,14H2,1-5H3. The van der Waals surface area contributed by atoms with E-state index in [0.717, 1.165) is 23.2 Å². The number of hydrogen-bond donors (Lipinski definition) is 0. The summed E-state index contributed by atoms with van der Waals surface area (Å²) in [5.41, 5.74) is 2.44. The minimum atomic E-state index is -0.493. The van der Waals surface area contributed by atoms with Crippen molar-refractivity contribution in [1.82, 2.24) is 14.9 Å². The van der Waals surface area contributed by atoms with E-state index in [4.69, 9.17) is 9.47 Å². The second-order valence-electron chi connectivity index (χ2n) is 7.97. The molecule has 150 valence electrons. The van der Waals surface area contributed by atoms with Crippen LogP contribution in [0.25, 0.3) is 11.1 Å². The van der Waals surface area contributed by atoms with Crippen molar-refractivity contribution in [2.75, 3.05) is 32.1 Å². The molecule has 1 unspecified atom stereocenters. The maximum atomic E-state index is 12.4. The van der Waals surface area contributed by atoms with E-state index in [1.165, 1.54) is 0 Å². The zero-order valence-electron chi connectivity index (χ0n) is 17.2. The normalized spacial score (nSPS) is 16.8. The fourth-order valence-corrected chi connectivity index (χ4v) is 3.30. The van der Waals surface area contributed by atoms with Gasteiger partial charge in [0.2, 0.25) is 5.88 Å². The van der Waals surface area contributed by atoms with Crippen LogP contribution in [0.1, 0.15) is 27.2 Å². The Kier molecular flexibility index (Phi) is 5.72. The summed E-state index contributed by atoms with van der Waals surface area (Å²) in [5.74, 6) is 0.566.